The molecule has 7 aromatic rings. The lowest BCUT2D eigenvalue weighted by Crippen LogP contribution is -2.23. The van der Waals surface area contributed by atoms with Gasteiger partial charge in [-0.2, -0.15) is 0 Å². The van der Waals surface area contributed by atoms with Gasteiger partial charge in [-0.15, -0.1) is 0 Å². The lowest BCUT2D eigenvalue weighted by atomic mass is 9.95. The van der Waals surface area contributed by atoms with Crippen LogP contribution in [0.3, 0.4) is 0 Å². The van der Waals surface area contributed by atoms with E-state index in [0.717, 1.165) is 338 Å². The minimum Gasteiger partial charge on any atom is -0.392 e. The Balaban J connectivity index is 0.000000129. The van der Waals surface area contributed by atoms with E-state index < -0.39 is 18.5 Å². The Bertz CT molecular complexity index is 4280. The molecule has 0 aliphatic carbocycles. The van der Waals surface area contributed by atoms with Crippen LogP contribution >= 0.6 is 0 Å². The average Bonchev–Trinajstić information content (AvgIpc) is 1.79. The van der Waals surface area contributed by atoms with Gasteiger partial charge in [0.2, 0.25) is 0 Å². The normalized spacial score (nSPS) is 26.9. The summed E-state index contributed by atoms with van der Waals surface area (Å²) in [4.78, 5) is 50.2. The van der Waals surface area contributed by atoms with Gasteiger partial charge in [-0.25, -0.2) is 13.2 Å². The van der Waals surface area contributed by atoms with Crippen LogP contribution in [0.15, 0.2) is 84.9 Å². The number of hydrogen-bond acceptors (Lipinski definition) is 25. The van der Waals surface area contributed by atoms with Gasteiger partial charge in [-0.05, 0) is 213 Å². The van der Waals surface area contributed by atoms with E-state index in [4.69, 9.17) is 68.0 Å². The number of likely N-dealkylation sites (tertiary alicyclic amines) is 7. The predicted molar refractivity (Wildman–Crippen MR) is 573 cm³/mol. The van der Waals surface area contributed by atoms with Crippen molar-refractivity contribution in [2.45, 2.75) is 358 Å². The third-order valence-corrected chi connectivity index (χ3v) is 32.2. The summed E-state index contributed by atoms with van der Waals surface area (Å²) in [5, 5.41) is 38.9. The molecule has 21 heterocycles. The van der Waals surface area contributed by atoms with Crippen molar-refractivity contribution in [1.29, 1.82) is 0 Å². The van der Waals surface area contributed by atoms with Crippen molar-refractivity contribution < 1.29 is 66.8 Å². The molecular formula is C119H179F3N14O11. The van der Waals surface area contributed by atoms with Crippen molar-refractivity contribution in [3.63, 3.8) is 0 Å². The zero-order valence-electron chi connectivity index (χ0n) is 91.4. The summed E-state index contributed by atoms with van der Waals surface area (Å²) in [7, 11) is 0. The molecular weight excluding hydrogens is 1860 g/mol. The Morgan fingerprint density at radius 1 is 0.218 bits per heavy atom. The molecule has 14 atom stereocenters. The van der Waals surface area contributed by atoms with Crippen molar-refractivity contribution in [1.82, 2.24) is 69.2 Å². The Morgan fingerprint density at radius 2 is 0.361 bits per heavy atom. The van der Waals surface area contributed by atoms with Crippen molar-refractivity contribution >= 4 is 0 Å². The zero-order valence-corrected chi connectivity index (χ0v) is 91.4. The highest BCUT2D eigenvalue weighted by atomic mass is 19.1. The number of rotatable bonds is 28. The van der Waals surface area contributed by atoms with Gasteiger partial charge in [0.05, 0.1) is 111 Å². The number of alkyl halides is 3. The topological polar surface area (TPSA) is 258 Å². The van der Waals surface area contributed by atoms with Crippen LogP contribution in [-0.4, -0.2) is 317 Å². The van der Waals surface area contributed by atoms with Crippen LogP contribution in [0, 0.1) is 0 Å². The number of aliphatic hydroxyl groups excluding tert-OH is 4. The third kappa shape index (κ3) is 33.3. The SMILES string of the molecule is CC(C)c1ccc(C2CCOC2)c(CN2CCC(O)C2)n1.CC(C)c1ccc(C2CCOC2)c(CN2CC[C@@H](F)C2)n1.CC(C)c1ccc(C2CCOC2)c(CN2CC[C@@H](O)C2)n1.CC(C)c1ccc(C2CCOC2)c(CN2CC[C@H](F)C2)n1.CC(C)c1ccc([C@@H]2CCOC2)c(CN2CC[C@@H](O)C2)n1.CC(C)c1ccc([C@@H]2CCOC2)c(CN2CC[C@H](F)C2)n1.CC(C)c1ccc([C@H]2CCOC2)c(CN2CC[C@@H](O)C2)n1. The van der Waals surface area contributed by atoms with Gasteiger partial charge >= 0.3 is 0 Å². The van der Waals surface area contributed by atoms with E-state index in [1.54, 1.807) is 0 Å². The highest BCUT2D eigenvalue weighted by molar-refractivity contribution is 5.36. The molecule has 4 N–H and O–H groups in total. The Morgan fingerprint density at radius 3 is 0.469 bits per heavy atom. The molecule has 28 heteroatoms. The lowest BCUT2D eigenvalue weighted by Gasteiger charge is -2.20. The second kappa shape index (κ2) is 56.3. The summed E-state index contributed by atoms with van der Waals surface area (Å²) >= 11 is 0. The van der Waals surface area contributed by atoms with Crippen LogP contribution in [0.25, 0.3) is 0 Å². The molecule has 0 aromatic carbocycles. The summed E-state index contributed by atoms with van der Waals surface area (Å²) in [6.45, 7) is 58.9. The Kier molecular flexibility index (Phi) is 43.7. The Hall–Kier alpha value is -6.88. The summed E-state index contributed by atoms with van der Waals surface area (Å²) < 4.78 is 79.0. The summed E-state index contributed by atoms with van der Waals surface area (Å²) in [5.41, 5.74) is 25.5. The smallest absolute Gasteiger partial charge is 0.114 e. The molecule has 14 saturated heterocycles. The molecule has 0 amide bonds. The van der Waals surface area contributed by atoms with Crippen LogP contribution in [0.1, 0.15) is 388 Å². The van der Waals surface area contributed by atoms with E-state index in [1.807, 2.05) is 0 Å². The molecule has 147 heavy (non-hydrogen) atoms. The largest absolute Gasteiger partial charge is 0.392 e. The van der Waals surface area contributed by atoms with E-state index in [1.165, 1.54) is 61.7 Å². The first-order valence-electron chi connectivity index (χ1n) is 56.7. The molecule has 21 rings (SSSR count). The molecule has 812 valence electrons. The monoisotopic (exact) mass is 2040 g/mol. The highest BCUT2D eigenvalue weighted by Crippen LogP contribution is 2.40. The fourth-order valence-corrected chi connectivity index (χ4v) is 23.0. The second-order valence-corrected chi connectivity index (χ2v) is 46.5. The molecule has 0 saturated carbocycles. The second-order valence-electron chi connectivity index (χ2n) is 46.5. The van der Waals surface area contributed by atoms with Gasteiger partial charge in [0.25, 0.3) is 0 Å². The molecule has 14 aliphatic rings. The number of hydrogen-bond donors (Lipinski definition) is 4. The lowest BCUT2D eigenvalue weighted by molar-refractivity contribution is 0.173. The minimum absolute atomic E-state index is 0.170. The van der Waals surface area contributed by atoms with Crippen LogP contribution in [0.4, 0.5) is 13.2 Å². The van der Waals surface area contributed by atoms with Gasteiger partial charge in [0.15, 0.2) is 0 Å². The summed E-state index contributed by atoms with van der Waals surface area (Å²) in [5.74, 6) is 6.37. The van der Waals surface area contributed by atoms with Crippen molar-refractivity contribution in [2.75, 3.05) is 184 Å². The first-order valence-corrected chi connectivity index (χ1v) is 56.7. The fourth-order valence-electron chi connectivity index (χ4n) is 23.0. The summed E-state index contributed by atoms with van der Waals surface area (Å²) in [6, 6.07) is 30.8. The Labute approximate surface area is 877 Å². The standard InChI is InChI=1S/3C17H25FN2O.4C17H26N2O2/c3*1-12(2)16-4-3-15(13-6-8-21-11-13)17(19-16)10-20-7-5-14(18)9-20;4*1-12(2)16-4-3-15(13-6-8-21-11-13)17(18-16)10-19-7-5-14(20)9-19/h3*3-4,12-14H,5-11H2,1-2H3;4*3-4,12-14,20H,5-11H2,1-2H3/t2*13?,14-;13-,14+;13?,14-;13-,14+;13-,14-;/m101101./s1. The molecule has 14 aliphatic heterocycles. The van der Waals surface area contributed by atoms with Gasteiger partial charge in [-0.3, -0.25) is 69.2 Å². The first-order chi connectivity index (χ1) is 70.9. The van der Waals surface area contributed by atoms with E-state index >= 15 is 0 Å². The van der Waals surface area contributed by atoms with Gasteiger partial charge in [0, 0.05) is 265 Å². The van der Waals surface area contributed by atoms with Crippen LogP contribution < -0.4 is 0 Å². The van der Waals surface area contributed by atoms with Crippen molar-refractivity contribution in [3.05, 3.63) is 204 Å². The maximum atomic E-state index is 13.4. The maximum Gasteiger partial charge on any atom is 0.114 e. The van der Waals surface area contributed by atoms with Gasteiger partial charge < -0.3 is 53.6 Å². The molecule has 14 fully saturated rings. The van der Waals surface area contributed by atoms with Crippen molar-refractivity contribution in [3.8, 4) is 0 Å². The van der Waals surface area contributed by atoms with Gasteiger partial charge in [0.1, 0.15) is 18.5 Å². The number of ether oxygens (including phenoxy) is 7. The quantitative estimate of drug-likeness (QED) is 0.0355. The number of aromatic nitrogens is 7. The predicted octanol–water partition coefficient (Wildman–Crippen LogP) is 18.9. The zero-order chi connectivity index (χ0) is 104. The number of halogens is 3. The van der Waals surface area contributed by atoms with Gasteiger partial charge in [-0.1, -0.05) is 139 Å². The number of nitrogens with zero attached hydrogens (tertiary/aromatic N) is 14. The summed E-state index contributed by atoms with van der Waals surface area (Å²) in [6.07, 6.45) is 10.4. The number of pyridine rings is 7. The molecule has 5 unspecified atom stereocenters. The average molecular weight is 2040 g/mol. The van der Waals surface area contributed by atoms with E-state index in [-0.39, 0.29) is 24.4 Å². The molecule has 7 aromatic heterocycles. The van der Waals surface area contributed by atoms with Crippen molar-refractivity contribution in [2.24, 2.45) is 0 Å². The molecule has 25 nitrogen and oxygen atoms in total. The van der Waals surface area contributed by atoms with E-state index in [9.17, 15) is 33.6 Å². The fraction of sp³-hybridized carbons (Fsp3) is 0.706. The first kappa shape index (κ1) is 114. The highest BCUT2D eigenvalue weighted by Gasteiger charge is 2.37. The van der Waals surface area contributed by atoms with E-state index in [2.05, 4.69) is 216 Å². The van der Waals surface area contributed by atoms with Crippen LogP contribution in [0.2, 0.25) is 0 Å². The maximum absolute atomic E-state index is 13.4. The minimum atomic E-state index is -0.670. The molecule has 0 spiro atoms. The number of β-amino-alcohol motifs (C(OH)–C–C–N with tert-alkyl or cyclic N) is 4. The number of aliphatic hydroxyl groups is 4. The molecule has 0 bridgehead atoms. The van der Waals surface area contributed by atoms with Crippen LogP contribution in [0.5, 0.6) is 0 Å². The van der Waals surface area contributed by atoms with E-state index in [0.29, 0.717) is 122 Å². The molecule has 0 radical (unpaired) electrons. The van der Waals surface area contributed by atoms with Crippen LogP contribution in [-0.2, 0) is 79.0 Å². The third-order valence-electron chi connectivity index (χ3n) is 32.2.